The summed E-state index contributed by atoms with van der Waals surface area (Å²) in [6.07, 6.45) is 1.07. The van der Waals surface area contributed by atoms with Gasteiger partial charge in [-0.05, 0) is 67.6 Å². The largest absolute Gasteiger partial charge is 0.489 e. The van der Waals surface area contributed by atoms with Crippen LogP contribution in [0.25, 0.3) is 0 Å². The van der Waals surface area contributed by atoms with Crippen molar-refractivity contribution in [2.75, 3.05) is 6.54 Å². The maximum Gasteiger partial charge on any atom is 0.345 e. The number of carbonyl (C=O) groups excluding carboxylic acids is 1. The number of hydrogen-bond acceptors (Lipinski definition) is 7. The minimum atomic E-state index is -4.15. The molecule has 0 aromatic heterocycles. The van der Waals surface area contributed by atoms with Gasteiger partial charge in [0.1, 0.15) is 24.2 Å². The summed E-state index contributed by atoms with van der Waals surface area (Å²) in [6.45, 7) is 2.06. The zero-order chi connectivity index (χ0) is 22.6. The van der Waals surface area contributed by atoms with Crippen LogP contribution in [0.15, 0.2) is 47.4 Å². The molecular formula is C20H22ClFN2O6S. The van der Waals surface area contributed by atoms with E-state index in [4.69, 9.17) is 21.2 Å². The molecule has 0 saturated carbocycles. The summed E-state index contributed by atoms with van der Waals surface area (Å²) in [4.78, 5) is 18.5. The molecule has 11 heteroatoms. The summed E-state index contributed by atoms with van der Waals surface area (Å²) in [5, 5.41) is 13.3. The molecule has 8 nitrogen and oxygen atoms in total. The highest BCUT2D eigenvalue weighted by Gasteiger charge is 2.41. The first kappa shape index (κ1) is 23.4. The molecule has 2 atom stereocenters. The summed E-state index contributed by atoms with van der Waals surface area (Å²) in [5.74, 6) is -1.03. The van der Waals surface area contributed by atoms with Crippen molar-refractivity contribution in [1.29, 1.82) is 0 Å². The molecular weight excluding hydrogens is 451 g/mol. The van der Waals surface area contributed by atoms with Gasteiger partial charge in [-0.2, -0.15) is 0 Å². The molecule has 3 rings (SSSR count). The predicted octanol–water partition coefficient (Wildman–Crippen LogP) is 2.30. The molecule has 2 unspecified atom stereocenters. The van der Waals surface area contributed by atoms with E-state index in [1.807, 2.05) is 0 Å². The fraction of sp³-hybridized carbons (Fsp3) is 0.350. The number of carbonyl (C=O) groups is 1. The molecule has 1 saturated heterocycles. The highest BCUT2D eigenvalue weighted by Crippen LogP contribution is 2.23. The molecule has 0 aliphatic carbocycles. The number of benzene rings is 2. The second kappa shape index (κ2) is 9.49. The Balaban J connectivity index is 1.58. The molecule has 31 heavy (non-hydrogen) atoms. The van der Waals surface area contributed by atoms with Crippen molar-refractivity contribution in [3.05, 3.63) is 58.9 Å². The lowest BCUT2D eigenvalue weighted by Crippen LogP contribution is -2.58. The monoisotopic (exact) mass is 472 g/mol. The molecule has 1 aliphatic rings. The molecule has 0 bridgehead atoms. The van der Waals surface area contributed by atoms with E-state index in [0.29, 0.717) is 30.7 Å². The summed E-state index contributed by atoms with van der Waals surface area (Å²) in [5.41, 5.74) is -0.770. The molecule has 1 heterocycles. The first-order chi connectivity index (χ1) is 14.6. The van der Waals surface area contributed by atoms with Crippen molar-refractivity contribution in [2.24, 2.45) is 0 Å². The lowest BCUT2D eigenvalue weighted by Gasteiger charge is -2.35. The second-order valence-corrected chi connectivity index (χ2v) is 9.40. The van der Waals surface area contributed by atoms with Crippen LogP contribution in [-0.2, 0) is 26.3 Å². The number of ether oxygens (including phenoxy) is 1. The van der Waals surface area contributed by atoms with Crippen molar-refractivity contribution in [1.82, 2.24) is 10.2 Å². The van der Waals surface area contributed by atoms with Crippen LogP contribution in [0, 0.1) is 5.82 Å². The van der Waals surface area contributed by atoms with E-state index in [2.05, 4.69) is 5.32 Å². The molecule has 1 fully saturated rings. The van der Waals surface area contributed by atoms with Crippen molar-refractivity contribution < 1.29 is 32.3 Å². The van der Waals surface area contributed by atoms with Gasteiger partial charge in [-0.25, -0.2) is 17.6 Å². The van der Waals surface area contributed by atoms with Gasteiger partial charge in [-0.1, -0.05) is 17.7 Å². The lowest BCUT2D eigenvalue weighted by molar-refractivity contribution is -0.158. The zero-order valence-corrected chi connectivity index (χ0v) is 18.2. The molecule has 0 spiro atoms. The second-order valence-electron chi connectivity index (χ2n) is 7.35. The van der Waals surface area contributed by atoms with Crippen LogP contribution in [0.4, 0.5) is 4.39 Å². The smallest absolute Gasteiger partial charge is 0.345 e. The molecule has 168 valence electrons. The summed E-state index contributed by atoms with van der Waals surface area (Å²) < 4.78 is 43.4. The number of nitrogens with one attached hydrogen (secondary N) is 2. The maximum atomic E-state index is 13.1. The average molecular weight is 473 g/mol. The van der Waals surface area contributed by atoms with Gasteiger partial charge < -0.3 is 20.0 Å². The third-order valence-electron chi connectivity index (χ3n) is 4.86. The summed E-state index contributed by atoms with van der Waals surface area (Å²) in [7, 11) is -4.15. The number of halogens is 2. The summed E-state index contributed by atoms with van der Waals surface area (Å²) in [6, 6.07) is 8.26. The zero-order valence-electron chi connectivity index (χ0n) is 16.6. The van der Waals surface area contributed by atoms with Gasteiger partial charge in [0.25, 0.3) is 10.0 Å². The van der Waals surface area contributed by atoms with Crippen LogP contribution in [0.2, 0.25) is 5.02 Å². The maximum absolute atomic E-state index is 13.1. The van der Waals surface area contributed by atoms with Crippen molar-refractivity contribution >= 4 is 27.6 Å². The number of piperidine rings is 1. The Labute approximate surface area is 184 Å². The first-order valence-electron chi connectivity index (χ1n) is 9.43. The fourth-order valence-corrected chi connectivity index (χ4v) is 4.12. The predicted molar refractivity (Wildman–Crippen MR) is 110 cm³/mol. The highest BCUT2D eigenvalue weighted by atomic mass is 35.5. The van der Waals surface area contributed by atoms with Crippen molar-refractivity contribution in [2.45, 2.75) is 42.9 Å². The third kappa shape index (κ3) is 5.92. The van der Waals surface area contributed by atoms with Crippen LogP contribution >= 0.6 is 11.6 Å². The van der Waals surface area contributed by atoms with Gasteiger partial charge in [-0.3, -0.25) is 0 Å². The van der Waals surface area contributed by atoms with Gasteiger partial charge in [0, 0.05) is 5.56 Å². The van der Waals surface area contributed by atoms with Gasteiger partial charge in [0.2, 0.25) is 0 Å². The molecule has 0 radical (unpaired) electrons. The van der Waals surface area contributed by atoms with Gasteiger partial charge >= 0.3 is 5.97 Å². The van der Waals surface area contributed by atoms with E-state index in [-0.39, 0.29) is 16.5 Å². The van der Waals surface area contributed by atoms with Crippen LogP contribution in [-0.4, -0.2) is 37.7 Å². The van der Waals surface area contributed by atoms with Crippen LogP contribution in [0.1, 0.15) is 25.3 Å². The SMILES string of the molecule is CC1(O)CCCNC1C(=O)ONS(=O)(=O)c1ccc(OCc2ccc(F)cc2Cl)cc1. The number of hydrogen-bond donors (Lipinski definition) is 3. The van der Waals surface area contributed by atoms with E-state index in [1.165, 1.54) is 49.4 Å². The minimum absolute atomic E-state index is 0.0649. The Morgan fingerprint density at radius 2 is 2.03 bits per heavy atom. The van der Waals surface area contributed by atoms with Crippen LogP contribution in [0.5, 0.6) is 5.75 Å². The Bertz CT molecular complexity index is 1050. The normalized spacial score (nSPS) is 21.5. The Kier molecular flexibility index (Phi) is 7.17. The molecule has 1 aliphatic heterocycles. The Morgan fingerprint density at radius 1 is 1.32 bits per heavy atom. The number of rotatable bonds is 7. The molecule has 0 amide bonds. The van der Waals surface area contributed by atoms with Gasteiger partial charge in [0.15, 0.2) is 0 Å². The fourth-order valence-electron chi connectivity index (χ4n) is 3.11. The topological polar surface area (TPSA) is 114 Å². The van der Waals surface area contributed by atoms with Crippen LogP contribution in [0.3, 0.4) is 0 Å². The van der Waals surface area contributed by atoms with Crippen LogP contribution < -0.4 is 14.9 Å². The minimum Gasteiger partial charge on any atom is -0.489 e. The number of sulfonamides is 1. The average Bonchev–Trinajstić information content (AvgIpc) is 2.71. The van der Waals surface area contributed by atoms with Crippen molar-refractivity contribution in [3.8, 4) is 5.75 Å². The molecule has 2 aromatic rings. The summed E-state index contributed by atoms with van der Waals surface area (Å²) >= 11 is 5.95. The first-order valence-corrected chi connectivity index (χ1v) is 11.3. The molecule has 2 aromatic carbocycles. The highest BCUT2D eigenvalue weighted by molar-refractivity contribution is 7.89. The van der Waals surface area contributed by atoms with Crippen molar-refractivity contribution in [3.63, 3.8) is 0 Å². The third-order valence-corrected chi connectivity index (χ3v) is 6.41. The Morgan fingerprint density at radius 3 is 2.68 bits per heavy atom. The standard InChI is InChI=1S/C20H22ClFN2O6S/c1-20(26)9-2-10-23-18(20)19(25)30-24-31(27,28)16-7-5-15(6-8-16)29-12-13-3-4-14(22)11-17(13)21/h3-8,11,18,23-24,26H,2,9-10,12H2,1H3. The lowest BCUT2D eigenvalue weighted by atomic mass is 9.88. The van der Waals surface area contributed by atoms with E-state index < -0.39 is 33.5 Å². The number of aliphatic hydroxyl groups is 1. The van der Waals surface area contributed by atoms with E-state index in [0.717, 1.165) is 0 Å². The quantitative estimate of drug-likeness (QED) is 0.530. The van der Waals surface area contributed by atoms with E-state index in [1.54, 1.807) is 4.89 Å². The Hall–Kier alpha value is -2.24. The molecule has 3 N–H and O–H groups in total. The van der Waals surface area contributed by atoms with E-state index in [9.17, 15) is 22.7 Å². The van der Waals surface area contributed by atoms with E-state index >= 15 is 0 Å². The van der Waals surface area contributed by atoms with Gasteiger partial charge in [-0.15, -0.1) is 0 Å². The van der Waals surface area contributed by atoms with Gasteiger partial charge in [0.05, 0.1) is 15.5 Å².